The number of benzene rings is 1. The molecular formula is C22H41N5O. The minimum absolute atomic E-state index is 0.571. The van der Waals surface area contributed by atoms with Crippen molar-refractivity contribution < 1.29 is 4.74 Å². The normalized spacial score (nSPS) is 12.3. The van der Waals surface area contributed by atoms with Gasteiger partial charge in [0.2, 0.25) is 0 Å². The van der Waals surface area contributed by atoms with Gasteiger partial charge in [0.05, 0.1) is 0 Å². The van der Waals surface area contributed by atoms with Gasteiger partial charge >= 0.3 is 0 Å². The first-order valence-corrected chi connectivity index (χ1v) is 10.4. The molecule has 6 nitrogen and oxygen atoms in total. The summed E-state index contributed by atoms with van der Waals surface area (Å²) < 4.78 is 5.94. The molecule has 1 aromatic carbocycles. The molecule has 0 amide bonds. The fourth-order valence-electron chi connectivity index (χ4n) is 3.11. The number of nitrogens with zero attached hydrogens (tertiary/aromatic N) is 3. The third-order valence-corrected chi connectivity index (χ3v) is 4.65. The maximum atomic E-state index is 5.94. The van der Waals surface area contributed by atoms with Gasteiger partial charge in [-0.15, -0.1) is 0 Å². The van der Waals surface area contributed by atoms with E-state index in [0.29, 0.717) is 25.2 Å². The maximum Gasteiger partial charge on any atom is 0.191 e. The van der Waals surface area contributed by atoms with E-state index < -0.39 is 0 Å². The summed E-state index contributed by atoms with van der Waals surface area (Å²) in [7, 11) is 5.91. The monoisotopic (exact) mass is 391 g/mol. The number of hydrogen-bond donors (Lipinski definition) is 2. The Morgan fingerprint density at radius 1 is 1.04 bits per heavy atom. The van der Waals surface area contributed by atoms with Gasteiger partial charge in [-0.2, -0.15) is 0 Å². The maximum absolute atomic E-state index is 5.94. The molecule has 0 fully saturated rings. The minimum atomic E-state index is 0.571. The van der Waals surface area contributed by atoms with Gasteiger partial charge < -0.3 is 20.3 Å². The summed E-state index contributed by atoms with van der Waals surface area (Å²) in [6.07, 6.45) is 1.08. The van der Waals surface area contributed by atoms with E-state index >= 15 is 0 Å². The summed E-state index contributed by atoms with van der Waals surface area (Å²) in [4.78, 5) is 8.97. The second-order valence-corrected chi connectivity index (χ2v) is 7.89. The SMILES string of the molecule is CN=C(NCCCN(C(C)C)C(C)C)NCc1ccccc1OCCN(C)C. The number of ether oxygens (including phenoxy) is 1. The second-order valence-electron chi connectivity index (χ2n) is 7.89. The zero-order valence-corrected chi connectivity index (χ0v) is 19.0. The van der Waals surface area contributed by atoms with Crippen molar-refractivity contribution in [2.75, 3.05) is 47.4 Å². The molecule has 160 valence electrons. The van der Waals surface area contributed by atoms with Crippen LogP contribution >= 0.6 is 0 Å². The van der Waals surface area contributed by atoms with E-state index in [4.69, 9.17) is 4.74 Å². The van der Waals surface area contributed by atoms with E-state index in [1.165, 1.54) is 0 Å². The molecule has 1 aromatic rings. The van der Waals surface area contributed by atoms with Crippen LogP contribution in [0.25, 0.3) is 0 Å². The summed E-state index contributed by atoms with van der Waals surface area (Å²) in [6, 6.07) is 9.31. The molecule has 0 unspecified atom stereocenters. The van der Waals surface area contributed by atoms with Crippen LogP contribution < -0.4 is 15.4 Å². The van der Waals surface area contributed by atoms with Crippen LogP contribution in [0, 0.1) is 0 Å². The van der Waals surface area contributed by atoms with Gasteiger partial charge in [0.25, 0.3) is 0 Å². The minimum Gasteiger partial charge on any atom is -0.492 e. The zero-order chi connectivity index (χ0) is 20.9. The number of hydrogen-bond acceptors (Lipinski definition) is 4. The number of nitrogens with one attached hydrogen (secondary N) is 2. The highest BCUT2D eigenvalue weighted by Crippen LogP contribution is 2.17. The lowest BCUT2D eigenvalue weighted by molar-refractivity contribution is 0.173. The molecular weight excluding hydrogens is 350 g/mol. The second kappa shape index (κ2) is 13.4. The van der Waals surface area contributed by atoms with Crippen LogP contribution in [-0.2, 0) is 6.54 Å². The van der Waals surface area contributed by atoms with Crippen molar-refractivity contribution in [2.24, 2.45) is 4.99 Å². The molecule has 6 heteroatoms. The lowest BCUT2D eigenvalue weighted by Crippen LogP contribution is -2.41. The molecule has 0 bridgehead atoms. The van der Waals surface area contributed by atoms with E-state index in [9.17, 15) is 0 Å². The van der Waals surface area contributed by atoms with Crippen molar-refractivity contribution in [1.82, 2.24) is 20.4 Å². The highest BCUT2D eigenvalue weighted by Gasteiger charge is 2.12. The molecule has 0 spiro atoms. The first-order chi connectivity index (χ1) is 13.3. The van der Waals surface area contributed by atoms with E-state index in [-0.39, 0.29) is 0 Å². The topological polar surface area (TPSA) is 52.1 Å². The molecule has 0 saturated heterocycles. The van der Waals surface area contributed by atoms with E-state index in [1.54, 1.807) is 0 Å². The van der Waals surface area contributed by atoms with Crippen LogP contribution in [0.3, 0.4) is 0 Å². The number of guanidine groups is 1. The Morgan fingerprint density at radius 3 is 2.32 bits per heavy atom. The van der Waals surface area contributed by atoms with Crippen LogP contribution in [-0.4, -0.2) is 75.2 Å². The Kier molecular flexibility index (Phi) is 11.6. The zero-order valence-electron chi connectivity index (χ0n) is 19.0. The van der Waals surface area contributed by atoms with Crippen molar-refractivity contribution in [3.8, 4) is 5.75 Å². The number of rotatable bonds is 12. The average molecular weight is 392 g/mol. The fraction of sp³-hybridized carbons (Fsp3) is 0.682. The Balaban J connectivity index is 2.44. The molecule has 28 heavy (non-hydrogen) atoms. The summed E-state index contributed by atoms with van der Waals surface area (Å²) in [5, 5.41) is 6.81. The first-order valence-electron chi connectivity index (χ1n) is 10.4. The molecule has 0 aliphatic carbocycles. The molecule has 0 atom stereocenters. The van der Waals surface area contributed by atoms with Gasteiger partial charge in [-0.1, -0.05) is 18.2 Å². The summed E-state index contributed by atoms with van der Waals surface area (Å²) in [5.74, 6) is 1.75. The Bertz CT molecular complexity index is 564. The lowest BCUT2D eigenvalue weighted by Gasteiger charge is -2.30. The molecule has 0 aliphatic heterocycles. The Hall–Kier alpha value is -1.79. The van der Waals surface area contributed by atoms with E-state index in [1.807, 2.05) is 39.3 Å². The van der Waals surface area contributed by atoms with Crippen LogP contribution in [0.2, 0.25) is 0 Å². The molecule has 0 saturated carbocycles. The van der Waals surface area contributed by atoms with E-state index in [2.05, 4.69) is 59.2 Å². The van der Waals surface area contributed by atoms with E-state index in [0.717, 1.165) is 43.3 Å². The summed E-state index contributed by atoms with van der Waals surface area (Å²) in [5.41, 5.74) is 1.13. The van der Waals surface area contributed by atoms with Crippen molar-refractivity contribution in [3.63, 3.8) is 0 Å². The van der Waals surface area contributed by atoms with Crippen LogP contribution in [0.4, 0.5) is 0 Å². The average Bonchev–Trinajstić information content (AvgIpc) is 2.64. The van der Waals surface area contributed by atoms with Crippen molar-refractivity contribution >= 4 is 5.96 Å². The highest BCUT2D eigenvalue weighted by molar-refractivity contribution is 5.79. The molecule has 1 rings (SSSR count). The Labute approximate surface area is 172 Å². The predicted molar refractivity (Wildman–Crippen MR) is 120 cm³/mol. The predicted octanol–water partition coefficient (Wildman–Crippen LogP) is 2.80. The first kappa shape index (κ1) is 24.2. The summed E-state index contributed by atoms with van der Waals surface area (Å²) >= 11 is 0. The van der Waals surface area contributed by atoms with Gasteiger partial charge in [-0.05, 0) is 54.3 Å². The van der Waals surface area contributed by atoms with Crippen LogP contribution in [0.1, 0.15) is 39.7 Å². The summed E-state index contributed by atoms with van der Waals surface area (Å²) in [6.45, 7) is 13.3. The van der Waals surface area contributed by atoms with Gasteiger partial charge in [0.1, 0.15) is 12.4 Å². The molecule has 0 aliphatic rings. The Morgan fingerprint density at radius 2 is 1.71 bits per heavy atom. The van der Waals surface area contributed by atoms with Gasteiger partial charge in [0.15, 0.2) is 5.96 Å². The molecule has 0 radical (unpaired) electrons. The van der Waals surface area contributed by atoms with Crippen LogP contribution in [0.15, 0.2) is 29.3 Å². The smallest absolute Gasteiger partial charge is 0.191 e. The van der Waals surface area contributed by atoms with Gasteiger partial charge in [-0.25, -0.2) is 0 Å². The third kappa shape index (κ3) is 9.42. The standard InChI is InChI=1S/C22H41N5O/c1-18(2)27(19(3)4)14-10-13-24-22(23-5)25-17-20-11-8-9-12-21(20)28-16-15-26(6)7/h8-9,11-12,18-19H,10,13-17H2,1-7H3,(H2,23,24,25). The quantitative estimate of drug-likeness (QED) is 0.326. The molecule has 0 aromatic heterocycles. The lowest BCUT2D eigenvalue weighted by atomic mass is 10.2. The number of para-hydroxylation sites is 1. The van der Waals surface area contributed by atoms with Gasteiger partial charge in [0, 0.05) is 50.9 Å². The van der Waals surface area contributed by atoms with Crippen molar-refractivity contribution in [2.45, 2.75) is 52.7 Å². The largest absolute Gasteiger partial charge is 0.492 e. The highest BCUT2D eigenvalue weighted by atomic mass is 16.5. The fourth-order valence-corrected chi connectivity index (χ4v) is 3.11. The third-order valence-electron chi connectivity index (χ3n) is 4.65. The van der Waals surface area contributed by atoms with Crippen LogP contribution in [0.5, 0.6) is 5.75 Å². The molecule has 0 heterocycles. The van der Waals surface area contributed by atoms with Gasteiger partial charge in [-0.3, -0.25) is 9.89 Å². The number of likely N-dealkylation sites (N-methyl/N-ethyl adjacent to an activating group) is 1. The molecule has 2 N–H and O–H groups in total. The van der Waals surface area contributed by atoms with Crippen molar-refractivity contribution in [3.05, 3.63) is 29.8 Å². The number of aliphatic imine (C=N–C) groups is 1. The van der Waals surface area contributed by atoms with Crippen molar-refractivity contribution in [1.29, 1.82) is 0 Å².